The number of nitrogens with one attached hydrogen (secondary N) is 1. The van der Waals surface area contributed by atoms with Crippen molar-refractivity contribution < 1.29 is 9.53 Å². The van der Waals surface area contributed by atoms with Crippen LogP contribution in [-0.2, 0) is 9.53 Å². The molecule has 0 bridgehead atoms. The molecule has 1 amide bonds. The molecule has 1 aliphatic rings. The summed E-state index contributed by atoms with van der Waals surface area (Å²) >= 11 is 11.6. The van der Waals surface area contributed by atoms with Crippen molar-refractivity contribution in [1.82, 2.24) is 14.9 Å². The summed E-state index contributed by atoms with van der Waals surface area (Å²) in [5.74, 6) is 0.338. The lowest BCUT2D eigenvalue weighted by atomic mass is 10.2. The third-order valence-corrected chi connectivity index (χ3v) is 3.22. The highest BCUT2D eigenvalue weighted by atomic mass is 35.5. The highest BCUT2D eigenvalue weighted by Gasteiger charge is 2.23. The van der Waals surface area contributed by atoms with Gasteiger partial charge in [0.2, 0.25) is 11.2 Å². The minimum atomic E-state index is -0.443. The molecule has 104 valence electrons. The summed E-state index contributed by atoms with van der Waals surface area (Å²) in [4.78, 5) is 21.6. The first-order valence-corrected chi connectivity index (χ1v) is 6.64. The van der Waals surface area contributed by atoms with Gasteiger partial charge in [-0.25, -0.2) is 4.98 Å². The van der Waals surface area contributed by atoms with Gasteiger partial charge in [0, 0.05) is 13.1 Å². The van der Waals surface area contributed by atoms with Gasteiger partial charge in [-0.05, 0) is 18.5 Å². The fourth-order valence-corrected chi connectivity index (χ4v) is 2.05. The van der Waals surface area contributed by atoms with E-state index in [1.807, 2.05) is 0 Å². The lowest BCUT2D eigenvalue weighted by molar-refractivity contribution is -0.135. The third-order valence-electron chi connectivity index (χ3n) is 2.76. The van der Waals surface area contributed by atoms with Gasteiger partial charge in [0.1, 0.15) is 11.1 Å². The van der Waals surface area contributed by atoms with E-state index in [0.717, 1.165) is 0 Å². The van der Waals surface area contributed by atoms with Crippen LogP contribution in [0.5, 0.6) is 0 Å². The van der Waals surface area contributed by atoms with Crippen LogP contribution in [-0.4, -0.2) is 53.1 Å². The Hall–Kier alpha value is -1.11. The summed E-state index contributed by atoms with van der Waals surface area (Å²) in [6.07, 6.45) is 1.39. The zero-order chi connectivity index (χ0) is 13.8. The first-order valence-electron chi connectivity index (χ1n) is 5.89. The van der Waals surface area contributed by atoms with Gasteiger partial charge in [-0.15, -0.1) is 0 Å². The second kappa shape index (κ2) is 6.36. The summed E-state index contributed by atoms with van der Waals surface area (Å²) in [6, 6.07) is -0.443. The number of hydrogen-bond acceptors (Lipinski definition) is 5. The smallest absolute Gasteiger partial charge is 0.244 e. The van der Waals surface area contributed by atoms with Crippen LogP contribution in [0, 0.1) is 0 Å². The second-order valence-corrected chi connectivity index (χ2v) is 4.88. The van der Waals surface area contributed by atoms with Crippen LogP contribution in [0.3, 0.4) is 0 Å². The van der Waals surface area contributed by atoms with E-state index in [2.05, 4.69) is 15.3 Å². The van der Waals surface area contributed by atoms with Gasteiger partial charge in [-0.1, -0.05) is 11.6 Å². The van der Waals surface area contributed by atoms with Gasteiger partial charge in [-0.2, -0.15) is 4.98 Å². The minimum Gasteiger partial charge on any atom is -0.378 e. The minimum absolute atomic E-state index is 0.0194. The Morgan fingerprint density at radius 3 is 2.84 bits per heavy atom. The molecule has 0 aliphatic carbocycles. The summed E-state index contributed by atoms with van der Waals surface area (Å²) in [5, 5.41) is 3.35. The van der Waals surface area contributed by atoms with E-state index in [1.165, 1.54) is 6.20 Å². The van der Waals surface area contributed by atoms with Crippen LogP contribution < -0.4 is 5.32 Å². The monoisotopic (exact) mass is 304 g/mol. The third kappa shape index (κ3) is 3.68. The lowest BCUT2D eigenvalue weighted by Gasteiger charge is -2.29. The Morgan fingerprint density at radius 2 is 2.16 bits per heavy atom. The number of aromatic nitrogens is 2. The van der Waals surface area contributed by atoms with Gasteiger partial charge >= 0.3 is 0 Å². The summed E-state index contributed by atoms with van der Waals surface area (Å²) in [6.45, 7) is 4.09. The average molecular weight is 305 g/mol. The number of ether oxygens (including phenoxy) is 1. The van der Waals surface area contributed by atoms with E-state index in [-0.39, 0.29) is 11.2 Å². The highest BCUT2D eigenvalue weighted by molar-refractivity contribution is 6.33. The molecule has 1 aromatic heterocycles. The fraction of sp³-hybridized carbons (Fsp3) is 0.545. The van der Waals surface area contributed by atoms with Crippen molar-refractivity contribution in [2.45, 2.75) is 13.0 Å². The Labute approximate surface area is 121 Å². The number of hydrogen-bond donors (Lipinski definition) is 1. The fourth-order valence-electron chi connectivity index (χ4n) is 1.77. The van der Waals surface area contributed by atoms with Crippen molar-refractivity contribution in [3.63, 3.8) is 0 Å². The van der Waals surface area contributed by atoms with Crippen molar-refractivity contribution in [2.24, 2.45) is 0 Å². The molecule has 0 radical (unpaired) electrons. The second-order valence-electron chi connectivity index (χ2n) is 4.14. The predicted molar refractivity (Wildman–Crippen MR) is 72.5 cm³/mol. The number of carbonyl (C=O) groups excluding carboxylic acids is 1. The molecular formula is C11H14Cl2N4O2. The molecule has 0 saturated carbocycles. The highest BCUT2D eigenvalue weighted by Crippen LogP contribution is 2.20. The normalized spacial score (nSPS) is 17.1. The Morgan fingerprint density at radius 1 is 1.47 bits per heavy atom. The van der Waals surface area contributed by atoms with Crippen molar-refractivity contribution in [1.29, 1.82) is 0 Å². The first kappa shape index (κ1) is 14.3. The molecule has 1 aliphatic heterocycles. The van der Waals surface area contributed by atoms with Crippen LogP contribution in [0.15, 0.2) is 6.20 Å². The molecular weight excluding hydrogens is 291 g/mol. The molecule has 1 fully saturated rings. The SMILES string of the molecule is CC(Nc1nc(Cl)ncc1Cl)C(=O)N1CCOCC1. The van der Waals surface area contributed by atoms with Gasteiger partial charge in [0.15, 0.2) is 5.82 Å². The van der Waals surface area contributed by atoms with Crippen LogP contribution in [0.2, 0.25) is 10.3 Å². The van der Waals surface area contributed by atoms with Gasteiger partial charge in [0.25, 0.3) is 0 Å². The van der Waals surface area contributed by atoms with E-state index >= 15 is 0 Å². The molecule has 2 rings (SSSR count). The molecule has 1 saturated heterocycles. The van der Waals surface area contributed by atoms with E-state index in [0.29, 0.717) is 37.1 Å². The van der Waals surface area contributed by atoms with Crippen LogP contribution in [0.1, 0.15) is 6.92 Å². The predicted octanol–water partition coefficient (Wildman–Crippen LogP) is 1.44. The Bertz CT molecular complexity index is 466. The van der Waals surface area contributed by atoms with Crippen LogP contribution in [0.4, 0.5) is 5.82 Å². The number of nitrogens with zero attached hydrogens (tertiary/aromatic N) is 3. The molecule has 0 spiro atoms. The maximum atomic E-state index is 12.2. The van der Waals surface area contributed by atoms with Crippen molar-refractivity contribution in [3.05, 3.63) is 16.5 Å². The Kier molecular flexibility index (Phi) is 4.79. The van der Waals surface area contributed by atoms with Gasteiger partial charge in [0.05, 0.1) is 19.4 Å². The standard InChI is InChI=1S/C11H14Cl2N4O2/c1-7(10(18)17-2-4-19-5-3-17)15-9-8(12)6-14-11(13)16-9/h6-7H,2-5H2,1H3,(H,14,15,16). The zero-order valence-electron chi connectivity index (χ0n) is 10.4. The average Bonchev–Trinajstić information content (AvgIpc) is 2.43. The Balaban J connectivity index is 2.01. The maximum Gasteiger partial charge on any atom is 0.244 e. The quantitative estimate of drug-likeness (QED) is 0.856. The first-order chi connectivity index (χ1) is 9.08. The van der Waals surface area contributed by atoms with E-state index in [9.17, 15) is 4.79 Å². The molecule has 19 heavy (non-hydrogen) atoms. The molecule has 1 N–H and O–H groups in total. The van der Waals surface area contributed by atoms with Crippen molar-refractivity contribution >= 4 is 34.9 Å². The number of halogens is 2. The van der Waals surface area contributed by atoms with Crippen LogP contribution in [0.25, 0.3) is 0 Å². The maximum absolute atomic E-state index is 12.2. The van der Waals surface area contributed by atoms with Crippen molar-refractivity contribution in [2.75, 3.05) is 31.6 Å². The lowest BCUT2D eigenvalue weighted by Crippen LogP contribution is -2.47. The number of rotatable bonds is 3. The summed E-state index contributed by atoms with van der Waals surface area (Å²) in [5.41, 5.74) is 0. The molecule has 1 unspecified atom stereocenters. The molecule has 0 aromatic carbocycles. The largest absolute Gasteiger partial charge is 0.378 e. The topological polar surface area (TPSA) is 67.4 Å². The number of carbonyl (C=O) groups is 1. The van der Waals surface area contributed by atoms with E-state index in [4.69, 9.17) is 27.9 Å². The summed E-state index contributed by atoms with van der Waals surface area (Å²) < 4.78 is 5.21. The molecule has 1 aromatic rings. The molecule has 8 heteroatoms. The van der Waals surface area contributed by atoms with Crippen molar-refractivity contribution in [3.8, 4) is 0 Å². The molecule has 2 heterocycles. The summed E-state index contributed by atoms with van der Waals surface area (Å²) in [7, 11) is 0. The number of amides is 1. The molecule has 1 atom stereocenters. The van der Waals surface area contributed by atoms with Gasteiger partial charge in [-0.3, -0.25) is 4.79 Å². The zero-order valence-corrected chi connectivity index (χ0v) is 11.9. The number of morpholine rings is 1. The van der Waals surface area contributed by atoms with E-state index < -0.39 is 6.04 Å². The van der Waals surface area contributed by atoms with Crippen LogP contribution >= 0.6 is 23.2 Å². The van der Waals surface area contributed by atoms with Gasteiger partial charge < -0.3 is 15.0 Å². The van der Waals surface area contributed by atoms with E-state index in [1.54, 1.807) is 11.8 Å². The molecule has 6 nitrogen and oxygen atoms in total. The number of anilines is 1.